The lowest BCUT2D eigenvalue weighted by Gasteiger charge is -2.31. The Hall–Kier alpha value is -3.71. The Bertz CT molecular complexity index is 1270. The first-order chi connectivity index (χ1) is 15.6. The van der Waals surface area contributed by atoms with Gasteiger partial charge in [-0.1, -0.05) is 36.4 Å². The highest BCUT2D eigenvalue weighted by molar-refractivity contribution is 6.26. The molecule has 0 aromatic heterocycles. The fraction of sp³-hybridized carbons (Fsp3) is 0.200. The summed E-state index contributed by atoms with van der Waals surface area (Å²) in [6.07, 6.45) is 0.202. The van der Waals surface area contributed by atoms with Crippen LogP contribution in [0.2, 0.25) is 0 Å². The van der Waals surface area contributed by atoms with Crippen LogP contribution in [0.15, 0.2) is 72.1 Å². The number of carbonyl (C=O) groups excluding carboxylic acids is 2. The number of benzene rings is 3. The van der Waals surface area contributed by atoms with E-state index in [0.29, 0.717) is 25.5 Å². The van der Waals surface area contributed by atoms with Gasteiger partial charge < -0.3 is 19.9 Å². The van der Waals surface area contributed by atoms with Gasteiger partial charge in [-0.05, 0) is 35.0 Å². The molecule has 3 aromatic rings. The molecule has 2 aliphatic heterocycles. The maximum absolute atomic E-state index is 14.1. The quantitative estimate of drug-likeness (QED) is 0.617. The van der Waals surface area contributed by atoms with Gasteiger partial charge in [-0.25, -0.2) is 4.39 Å². The molecule has 0 unspecified atom stereocenters. The van der Waals surface area contributed by atoms with Gasteiger partial charge in [-0.15, -0.1) is 0 Å². The predicted molar refractivity (Wildman–Crippen MR) is 122 cm³/mol. The first-order valence-electron chi connectivity index (χ1n) is 10.5. The highest BCUT2D eigenvalue weighted by Gasteiger charge is 2.41. The van der Waals surface area contributed by atoms with E-state index in [9.17, 15) is 14.0 Å². The standard InChI is InChI=1S/C25H22FN3O3/c1-32-13-12-29-21-15-17-7-3-2-6-16(17)14-20(21)28-11-10-22(30)23(25(28)29)24(31)27-19-9-5-4-8-18(19)26/h2-9,14-15H,10-13H2,1H3,(H,27,31). The minimum atomic E-state index is -0.612. The molecule has 0 spiro atoms. The lowest BCUT2D eigenvalue weighted by molar-refractivity contribution is -0.120. The Morgan fingerprint density at radius 3 is 2.47 bits per heavy atom. The van der Waals surface area contributed by atoms with Crippen LogP contribution in [-0.4, -0.2) is 38.5 Å². The molecule has 0 saturated carbocycles. The van der Waals surface area contributed by atoms with Crippen molar-refractivity contribution < 1.29 is 18.7 Å². The summed E-state index contributed by atoms with van der Waals surface area (Å²) in [6, 6.07) is 18.1. The van der Waals surface area contributed by atoms with Crippen LogP contribution < -0.4 is 15.1 Å². The van der Waals surface area contributed by atoms with E-state index in [2.05, 4.69) is 17.4 Å². The van der Waals surface area contributed by atoms with Crippen molar-refractivity contribution in [1.29, 1.82) is 0 Å². The van der Waals surface area contributed by atoms with E-state index in [4.69, 9.17) is 4.74 Å². The molecule has 6 nitrogen and oxygen atoms in total. The lowest BCUT2D eigenvalue weighted by Crippen LogP contribution is -2.41. The molecule has 3 aromatic carbocycles. The number of nitrogens with zero attached hydrogens (tertiary/aromatic N) is 2. The van der Waals surface area contributed by atoms with Crippen LogP contribution >= 0.6 is 0 Å². The van der Waals surface area contributed by atoms with Crippen LogP contribution in [0, 0.1) is 5.82 Å². The Morgan fingerprint density at radius 1 is 1.06 bits per heavy atom. The fourth-order valence-corrected chi connectivity index (χ4v) is 4.37. The molecular formula is C25H22FN3O3. The third-order valence-electron chi connectivity index (χ3n) is 5.87. The fourth-order valence-electron chi connectivity index (χ4n) is 4.37. The van der Waals surface area contributed by atoms with E-state index in [1.54, 1.807) is 19.2 Å². The summed E-state index contributed by atoms with van der Waals surface area (Å²) in [7, 11) is 1.61. The van der Waals surface area contributed by atoms with Crippen molar-refractivity contribution in [2.45, 2.75) is 6.42 Å². The second-order valence-electron chi connectivity index (χ2n) is 7.79. The summed E-state index contributed by atoms with van der Waals surface area (Å²) in [5.41, 5.74) is 1.94. The molecule has 0 atom stereocenters. The third-order valence-corrected chi connectivity index (χ3v) is 5.87. The monoisotopic (exact) mass is 431 g/mol. The van der Waals surface area contributed by atoms with Crippen molar-refractivity contribution in [2.24, 2.45) is 0 Å². The average molecular weight is 431 g/mol. The smallest absolute Gasteiger partial charge is 0.263 e. The van der Waals surface area contributed by atoms with Crippen molar-refractivity contribution in [3.05, 3.63) is 77.9 Å². The van der Waals surface area contributed by atoms with Crippen LogP contribution in [0.3, 0.4) is 0 Å². The first-order valence-corrected chi connectivity index (χ1v) is 10.5. The molecule has 0 bridgehead atoms. The van der Waals surface area contributed by atoms with Gasteiger partial charge in [-0.3, -0.25) is 9.59 Å². The molecule has 0 saturated heterocycles. The Morgan fingerprint density at radius 2 is 1.75 bits per heavy atom. The van der Waals surface area contributed by atoms with Crippen LogP contribution in [0.25, 0.3) is 10.8 Å². The van der Waals surface area contributed by atoms with E-state index in [0.717, 1.165) is 22.1 Å². The maximum atomic E-state index is 14.1. The highest BCUT2D eigenvalue weighted by Crippen LogP contribution is 2.46. The summed E-state index contributed by atoms with van der Waals surface area (Å²) in [4.78, 5) is 30.2. The number of para-hydroxylation sites is 1. The molecule has 2 aliphatic rings. The number of methoxy groups -OCH3 is 1. The van der Waals surface area contributed by atoms with Gasteiger partial charge in [0.2, 0.25) is 0 Å². The van der Waals surface area contributed by atoms with Gasteiger partial charge in [0, 0.05) is 26.6 Å². The van der Waals surface area contributed by atoms with Gasteiger partial charge in [0.15, 0.2) is 5.78 Å². The Balaban J connectivity index is 1.64. The average Bonchev–Trinajstić information content (AvgIpc) is 3.09. The molecule has 2 heterocycles. The van der Waals surface area contributed by atoms with Crippen molar-refractivity contribution in [3.63, 3.8) is 0 Å². The highest BCUT2D eigenvalue weighted by atomic mass is 19.1. The van der Waals surface area contributed by atoms with Gasteiger partial charge in [0.1, 0.15) is 17.2 Å². The van der Waals surface area contributed by atoms with Crippen LogP contribution in [-0.2, 0) is 14.3 Å². The third kappa shape index (κ3) is 3.31. The van der Waals surface area contributed by atoms with Crippen molar-refractivity contribution >= 4 is 39.5 Å². The molecule has 7 heteroatoms. The van der Waals surface area contributed by atoms with E-state index in [1.165, 1.54) is 12.1 Å². The molecule has 0 aliphatic carbocycles. The SMILES string of the molecule is COCCN1C2=C(C(=O)Nc3ccccc3F)C(=O)CCN2c2cc3ccccc3cc21. The van der Waals surface area contributed by atoms with Crippen LogP contribution in [0.5, 0.6) is 0 Å². The number of ketones is 1. The number of hydrogen-bond acceptors (Lipinski definition) is 5. The van der Waals surface area contributed by atoms with Crippen molar-refractivity contribution in [2.75, 3.05) is 41.9 Å². The molecule has 5 rings (SSSR count). The van der Waals surface area contributed by atoms with E-state index in [1.807, 2.05) is 34.1 Å². The number of fused-ring (bicyclic) bond motifs is 4. The Labute approximate surface area is 184 Å². The zero-order valence-electron chi connectivity index (χ0n) is 17.6. The number of Topliss-reactive ketones (excluding diaryl/α,β-unsaturated/α-hetero) is 1. The molecule has 162 valence electrons. The minimum absolute atomic E-state index is 0.0378. The summed E-state index contributed by atoms with van der Waals surface area (Å²) >= 11 is 0. The summed E-state index contributed by atoms with van der Waals surface area (Å²) < 4.78 is 19.4. The number of carbonyl (C=O) groups is 2. The van der Waals surface area contributed by atoms with Gasteiger partial charge in [0.05, 0.1) is 23.7 Å². The zero-order valence-corrected chi connectivity index (χ0v) is 17.6. The first kappa shape index (κ1) is 20.2. The summed E-state index contributed by atoms with van der Waals surface area (Å²) in [6.45, 7) is 1.36. The lowest BCUT2D eigenvalue weighted by atomic mass is 10.0. The summed E-state index contributed by atoms with van der Waals surface area (Å²) in [5.74, 6) is -0.898. The molecule has 1 amide bonds. The van der Waals surface area contributed by atoms with E-state index >= 15 is 0 Å². The molecular weight excluding hydrogens is 409 g/mol. The number of halogens is 1. The second kappa shape index (κ2) is 8.09. The predicted octanol–water partition coefficient (Wildman–Crippen LogP) is 4.07. The van der Waals surface area contributed by atoms with Crippen LogP contribution in [0.4, 0.5) is 21.5 Å². The normalized spacial score (nSPS) is 15.2. The second-order valence-corrected chi connectivity index (χ2v) is 7.79. The molecule has 0 radical (unpaired) electrons. The molecule has 1 N–H and O–H groups in total. The zero-order chi connectivity index (χ0) is 22.2. The van der Waals surface area contributed by atoms with E-state index in [-0.39, 0.29) is 23.5 Å². The van der Waals surface area contributed by atoms with Gasteiger partial charge >= 0.3 is 0 Å². The van der Waals surface area contributed by atoms with Gasteiger partial charge in [0.25, 0.3) is 5.91 Å². The number of amides is 1. The number of nitrogens with one attached hydrogen (secondary N) is 1. The number of hydrogen-bond donors (Lipinski definition) is 1. The largest absolute Gasteiger partial charge is 0.383 e. The Kier molecular flexibility index (Phi) is 5.11. The number of anilines is 3. The number of rotatable bonds is 5. The van der Waals surface area contributed by atoms with Crippen molar-refractivity contribution in [3.8, 4) is 0 Å². The number of ether oxygens (including phenoxy) is 1. The van der Waals surface area contributed by atoms with E-state index < -0.39 is 11.7 Å². The maximum Gasteiger partial charge on any atom is 0.263 e. The molecule has 32 heavy (non-hydrogen) atoms. The van der Waals surface area contributed by atoms with Crippen LogP contribution in [0.1, 0.15) is 6.42 Å². The van der Waals surface area contributed by atoms with Crippen molar-refractivity contribution in [1.82, 2.24) is 0 Å². The molecule has 0 fully saturated rings. The topological polar surface area (TPSA) is 61.9 Å². The van der Waals surface area contributed by atoms with Gasteiger partial charge in [-0.2, -0.15) is 0 Å². The summed E-state index contributed by atoms with van der Waals surface area (Å²) in [5, 5.41) is 4.73. The minimum Gasteiger partial charge on any atom is -0.383 e.